The third kappa shape index (κ3) is 2.21. The van der Waals surface area contributed by atoms with Gasteiger partial charge in [0.15, 0.2) is 0 Å². The topological polar surface area (TPSA) is 63.3 Å². The Balaban J connectivity index is 2.64. The summed E-state index contributed by atoms with van der Waals surface area (Å²) in [5.74, 6) is -0.975. The van der Waals surface area contributed by atoms with E-state index >= 15 is 0 Å². The highest BCUT2D eigenvalue weighted by Crippen LogP contribution is 2.39. The molecule has 17 heavy (non-hydrogen) atoms. The average molecular weight is 312 g/mol. The Morgan fingerprint density at radius 2 is 2.18 bits per heavy atom. The highest BCUT2D eigenvalue weighted by atomic mass is 79.9. The van der Waals surface area contributed by atoms with Crippen molar-refractivity contribution >= 4 is 38.9 Å². The van der Waals surface area contributed by atoms with Crippen molar-refractivity contribution in [2.75, 3.05) is 5.73 Å². The van der Waals surface area contributed by atoms with Gasteiger partial charge in [-0.15, -0.1) is 11.3 Å². The van der Waals surface area contributed by atoms with Gasteiger partial charge in [0, 0.05) is 14.9 Å². The lowest BCUT2D eigenvalue weighted by atomic mass is 10.0. The number of aromatic carboxylic acids is 1. The Morgan fingerprint density at radius 3 is 2.71 bits per heavy atom. The fourth-order valence-corrected chi connectivity index (χ4v) is 3.06. The molecule has 0 amide bonds. The molecule has 88 valence electrons. The van der Waals surface area contributed by atoms with Crippen LogP contribution >= 0.6 is 27.3 Å². The van der Waals surface area contributed by atoms with Crippen LogP contribution in [0.1, 0.15) is 14.5 Å². The van der Waals surface area contributed by atoms with E-state index in [2.05, 4.69) is 15.9 Å². The maximum absolute atomic E-state index is 11.0. The second-order valence-electron chi connectivity index (χ2n) is 3.59. The van der Waals surface area contributed by atoms with Crippen molar-refractivity contribution in [3.05, 3.63) is 38.5 Å². The van der Waals surface area contributed by atoms with Gasteiger partial charge in [-0.05, 0) is 24.6 Å². The van der Waals surface area contributed by atoms with Crippen LogP contribution in [-0.4, -0.2) is 11.1 Å². The zero-order valence-electron chi connectivity index (χ0n) is 9.03. The lowest BCUT2D eigenvalue weighted by Crippen LogP contribution is -1.98. The molecule has 5 heteroatoms. The maximum Gasteiger partial charge on any atom is 0.348 e. The molecular formula is C12H10BrNO2S. The lowest BCUT2D eigenvalue weighted by Gasteiger charge is -2.03. The molecule has 0 bridgehead atoms. The molecule has 0 saturated carbocycles. The van der Waals surface area contributed by atoms with E-state index in [1.165, 1.54) is 11.3 Å². The summed E-state index contributed by atoms with van der Waals surface area (Å²) in [5.41, 5.74) is 7.99. The Labute approximate surface area is 111 Å². The van der Waals surface area contributed by atoms with E-state index < -0.39 is 5.97 Å². The molecule has 1 aromatic carbocycles. The molecule has 0 aliphatic carbocycles. The number of thiophene rings is 1. The van der Waals surface area contributed by atoms with Gasteiger partial charge in [-0.1, -0.05) is 28.1 Å². The molecule has 0 atom stereocenters. The minimum atomic E-state index is -0.975. The quantitative estimate of drug-likeness (QED) is 0.887. The van der Waals surface area contributed by atoms with Crippen LogP contribution in [0.25, 0.3) is 11.1 Å². The van der Waals surface area contributed by atoms with Crippen LogP contribution in [0.15, 0.2) is 28.7 Å². The van der Waals surface area contributed by atoms with Crippen LogP contribution in [0.2, 0.25) is 0 Å². The van der Waals surface area contributed by atoms with E-state index in [1.54, 1.807) is 0 Å². The molecule has 0 saturated heterocycles. The molecule has 2 rings (SSSR count). The normalized spacial score (nSPS) is 10.5. The number of hydrogen-bond donors (Lipinski definition) is 2. The smallest absolute Gasteiger partial charge is 0.348 e. The fourth-order valence-electron chi connectivity index (χ4n) is 1.72. The van der Waals surface area contributed by atoms with Gasteiger partial charge in [0.05, 0.1) is 5.69 Å². The molecule has 1 aromatic heterocycles. The van der Waals surface area contributed by atoms with E-state index in [9.17, 15) is 4.79 Å². The molecule has 2 aromatic rings. The second kappa shape index (κ2) is 4.50. The minimum absolute atomic E-state index is 0.206. The first kappa shape index (κ1) is 12.1. The summed E-state index contributed by atoms with van der Waals surface area (Å²) in [6.45, 7) is 1.88. The summed E-state index contributed by atoms with van der Waals surface area (Å²) in [6.07, 6.45) is 0. The van der Waals surface area contributed by atoms with E-state index in [0.717, 1.165) is 20.5 Å². The number of benzene rings is 1. The number of hydrogen-bond acceptors (Lipinski definition) is 3. The number of carboxylic acid groups (broad SMARTS) is 1. The van der Waals surface area contributed by atoms with Crippen molar-refractivity contribution in [2.24, 2.45) is 0 Å². The summed E-state index contributed by atoms with van der Waals surface area (Å²) < 4.78 is 0.942. The molecule has 3 N–H and O–H groups in total. The van der Waals surface area contributed by atoms with E-state index in [4.69, 9.17) is 10.8 Å². The largest absolute Gasteiger partial charge is 0.477 e. The molecule has 0 aliphatic rings. The maximum atomic E-state index is 11.0. The monoisotopic (exact) mass is 311 g/mol. The van der Waals surface area contributed by atoms with Crippen LogP contribution < -0.4 is 5.73 Å². The van der Waals surface area contributed by atoms with Crippen molar-refractivity contribution in [1.82, 2.24) is 0 Å². The van der Waals surface area contributed by atoms with E-state index in [-0.39, 0.29) is 4.88 Å². The van der Waals surface area contributed by atoms with Crippen LogP contribution in [0.3, 0.4) is 0 Å². The van der Waals surface area contributed by atoms with Crippen molar-refractivity contribution in [2.45, 2.75) is 6.92 Å². The SMILES string of the molecule is Cc1sc(C(=O)O)c(N)c1-c1cccc(Br)c1. The number of anilines is 1. The molecule has 0 radical (unpaired) electrons. The Morgan fingerprint density at radius 1 is 1.47 bits per heavy atom. The second-order valence-corrected chi connectivity index (χ2v) is 5.73. The first-order valence-corrected chi connectivity index (χ1v) is 6.49. The molecule has 0 aliphatic heterocycles. The molecular weight excluding hydrogens is 302 g/mol. The third-order valence-electron chi connectivity index (χ3n) is 2.43. The van der Waals surface area contributed by atoms with Crippen molar-refractivity contribution < 1.29 is 9.90 Å². The van der Waals surface area contributed by atoms with Gasteiger partial charge in [0.25, 0.3) is 0 Å². The van der Waals surface area contributed by atoms with Crippen LogP contribution in [-0.2, 0) is 0 Å². The summed E-state index contributed by atoms with van der Waals surface area (Å²) in [5, 5.41) is 9.03. The highest BCUT2D eigenvalue weighted by Gasteiger charge is 2.19. The number of nitrogens with two attached hydrogens (primary N) is 1. The Hall–Kier alpha value is -1.33. The van der Waals surface area contributed by atoms with E-state index in [1.807, 2.05) is 31.2 Å². The molecule has 0 unspecified atom stereocenters. The summed E-state index contributed by atoms with van der Waals surface area (Å²) in [7, 11) is 0. The summed E-state index contributed by atoms with van der Waals surface area (Å²) in [6, 6.07) is 7.66. The standard InChI is InChI=1S/C12H10BrNO2S/c1-6-9(7-3-2-4-8(13)5-7)10(14)11(17-6)12(15)16/h2-5H,14H2,1H3,(H,15,16). The molecule has 0 spiro atoms. The van der Waals surface area contributed by atoms with Gasteiger partial charge in [-0.25, -0.2) is 4.79 Å². The van der Waals surface area contributed by atoms with Gasteiger partial charge in [0.2, 0.25) is 0 Å². The van der Waals surface area contributed by atoms with Gasteiger partial charge in [-0.3, -0.25) is 0 Å². The van der Waals surface area contributed by atoms with Crippen LogP contribution in [0.4, 0.5) is 5.69 Å². The number of nitrogen functional groups attached to an aromatic ring is 1. The van der Waals surface area contributed by atoms with Crippen LogP contribution in [0.5, 0.6) is 0 Å². The predicted octanol–water partition coefficient (Wildman–Crippen LogP) is 3.77. The molecule has 1 heterocycles. The predicted molar refractivity (Wildman–Crippen MR) is 73.6 cm³/mol. The minimum Gasteiger partial charge on any atom is -0.477 e. The zero-order chi connectivity index (χ0) is 12.6. The number of rotatable bonds is 2. The van der Waals surface area contributed by atoms with Gasteiger partial charge in [0.1, 0.15) is 4.88 Å². The first-order valence-electron chi connectivity index (χ1n) is 4.89. The number of aryl methyl sites for hydroxylation is 1. The van der Waals surface area contributed by atoms with Crippen molar-refractivity contribution in [1.29, 1.82) is 0 Å². The van der Waals surface area contributed by atoms with Gasteiger partial charge >= 0.3 is 5.97 Å². The fraction of sp³-hybridized carbons (Fsp3) is 0.0833. The molecule has 0 fully saturated rings. The summed E-state index contributed by atoms with van der Waals surface area (Å²) in [4.78, 5) is 12.1. The first-order chi connectivity index (χ1) is 8.00. The van der Waals surface area contributed by atoms with Gasteiger partial charge in [-0.2, -0.15) is 0 Å². The van der Waals surface area contributed by atoms with Gasteiger partial charge < -0.3 is 10.8 Å². The van der Waals surface area contributed by atoms with Crippen LogP contribution in [0, 0.1) is 6.92 Å². The zero-order valence-corrected chi connectivity index (χ0v) is 11.4. The summed E-state index contributed by atoms with van der Waals surface area (Å²) >= 11 is 4.60. The molecule has 3 nitrogen and oxygen atoms in total. The average Bonchev–Trinajstić information content (AvgIpc) is 2.54. The number of carbonyl (C=O) groups is 1. The number of halogens is 1. The Bertz CT molecular complexity index is 592. The number of carboxylic acids is 1. The Kier molecular flexibility index (Phi) is 3.22. The third-order valence-corrected chi connectivity index (χ3v) is 4.03. The highest BCUT2D eigenvalue weighted by molar-refractivity contribution is 9.10. The van der Waals surface area contributed by atoms with E-state index in [0.29, 0.717) is 5.69 Å². The lowest BCUT2D eigenvalue weighted by molar-refractivity contribution is 0.0703. The van der Waals surface area contributed by atoms with Crippen molar-refractivity contribution in [3.63, 3.8) is 0 Å². The van der Waals surface area contributed by atoms with Crippen molar-refractivity contribution in [3.8, 4) is 11.1 Å².